The van der Waals surface area contributed by atoms with E-state index in [1.54, 1.807) is 0 Å². The molecule has 0 aromatic rings. The highest BCUT2D eigenvalue weighted by Gasteiger charge is 2.56. The van der Waals surface area contributed by atoms with Crippen LogP contribution < -0.4 is 0 Å². The van der Waals surface area contributed by atoms with Gasteiger partial charge < -0.3 is 9.80 Å². The Hall–Kier alpha value is -1.10. The maximum atomic E-state index is 12.8. The van der Waals surface area contributed by atoms with Crippen LogP contribution in [0, 0.1) is 16.2 Å². The molecule has 1 spiro atoms. The predicted molar refractivity (Wildman–Crippen MR) is 104 cm³/mol. The van der Waals surface area contributed by atoms with E-state index in [-0.39, 0.29) is 22.4 Å². The molecule has 0 unspecified atom stereocenters. The molecule has 3 aliphatic heterocycles. The van der Waals surface area contributed by atoms with Crippen LogP contribution in [-0.4, -0.2) is 71.3 Å². The Balaban J connectivity index is 1.48. The smallest absolute Gasteiger partial charge is 0.320 e. The van der Waals surface area contributed by atoms with Crippen molar-refractivity contribution in [2.75, 3.05) is 39.3 Å². The first-order chi connectivity index (χ1) is 11.8. The largest absolute Gasteiger partial charge is 0.325 e. The molecule has 0 aromatic heterocycles. The topological polar surface area (TPSA) is 43.9 Å². The second-order valence-electron chi connectivity index (χ2n) is 11.3. The van der Waals surface area contributed by atoms with Crippen molar-refractivity contribution >= 4 is 11.8 Å². The average Bonchev–Trinajstić information content (AvgIpc) is 2.41. The summed E-state index contributed by atoms with van der Waals surface area (Å²) >= 11 is 0. The van der Waals surface area contributed by atoms with E-state index in [0.717, 1.165) is 39.0 Å². The zero-order valence-electron chi connectivity index (χ0n) is 17.8. The number of hydrogen-bond donors (Lipinski definition) is 0. The molecule has 3 fully saturated rings. The van der Waals surface area contributed by atoms with E-state index in [9.17, 15) is 9.59 Å². The van der Waals surface area contributed by atoms with Crippen molar-refractivity contribution in [2.45, 2.75) is 66.8 Å². The number of nitrogens with zero attached hydrogens (tertiary/aromatic N) is 3. The van der Waals surface area contributed by atoms with Crippen molar-refractivity contribution < 1.29 is 9.59 Å². The van der Waals surface area contributed by atoms with Gasteiger partial charge in [0.2, 0.25) is 0 Å². The Bertz CT molecular complexity index is 577. The fourth-order valence-electron chi connectivity index (χ4n) is 4.86. The van der Waals surface area contributed by atoms with Crippen LogP contribution in [-0.2, 0) is 4.79 Å². The molecule has 0 N–H and O–H groups in total. The molecule has 5 nitrogen and oxygen atoms in total. The molecule has 3 saturated heterocycles. The highest BCUT2D eigenvalue weighted by Crippen LogP contribution is 2.44. The summed E-state index contributed by atoms with van der Waals surface area (Å²) in [5.41, 5.74) is -0.0254. The minimum absolute atomic E-state index is 0.176. The number of rotatable bonds is 1. The first-order valence-corrected chi connectivity index (χ1v) is 10.1. The Morgan fingerprint density at radius 1 is 0.808 bits per heavy atom. The molecule has 26 heavy (non-hydrogen) atoms. The van der Waals surface area contributed by atoms with Crippen molar-refractivity contribution in [3.05, 3.63) is 0 Å². The number of urea groups is 1. The van der Waals surface area contributed by atoms with Crippen LogP contribution in [0.4, 0.5) is 4.79 Å². The minimum Gasteiger partial charge on any atom is -0.325 e. The summed E-state index contributed by atoms with van der Waals surface area (Å²) in [5, 5.41) is 0. The lowest BCUT2D eigenvalue weighted by atomic mass is 9.68. The molecule has 2 amide bonds. The zero-order valence-corrected chi connectivity index (χ0v) is 17.8. The van der Waals surface area contributed by atoms with Gasteiger partial charge in [-0.1, -0.05) is 27.7 Å². The van der Waals surface area contributed by atoms with E-state index >= 15 is 0 Å². The van der Waals surface area contributed by atoms with Gasteiger partial charge in [-0.2, -0.15) is 0 Å². The SMILES string of the molecule is CC(C)(C)C(=O)C1(C)CCN(C(=O)N2CC3(C2)CN(C(C)(C)C)C3)CC1. The summed E-state index contributed by atoms with van der Waals surface area (Å²) in [7, 11) is 0. The molecule has 0 atom stereocenters. The van der Waals surface area contributed by atoms with Gasteiger partial charge in [-0.05, 0) is 33.6 Å². The summed E-state index contributed by atoms with van der Waals surface area (Å²) in [5.74, 6) is 0.330. The van der Waals surface area contributed by atoms with Crippen molar-refractivity contribution in [2.24, 2.45) is 16.2 Å². The Morgan fingerprint density at radius 3 is 1.73 bits per heavy atom. The van der Waals surface area contributed by atoms with E-state index in [2.05, 4.69) is 32.6 Å². The van der Waals surface area contributed by atoms with Crippen molar-refractivity contribution in [3.63, 3.8) is 0 Å². The first-order valence-electron chi connectivity index (χ1n) is 10.1. The number of amides is 2. The number of ketones is 1. The Kier molecular flexibility index (Phi) is 4.50. The van der Waals surface area contributed by atoms with Gasteiger partial charge in [-0.15, -0.1) is 0 Å². The number of carbonyl (C=O) groups is 2. The fraction of sp³-hybridized carbons (Fsp3) is 0.905. The van der Waals surface area contributed by atoms with Crippen LogP contribution in [0.5, 0.6) is 0 Å². The third-order valence-electron chi connectivity index (χ3n) is 6.69. The number of likely N-dealkylation sites (tertiary alicyclic amines) is 3. The summed E-state index contributed by atoms with van der Waals surface area (Å²) in [6.45, 7) is 20.3. The van der Waals surface area contributed by atoms with Crippen LogP contribution in [0.15, 0.2) is 0 Å². The number of carbonyl (C=O) groups excluding carboxylic acids is 2. The van der Waals surface area contributed by atoms with Crippen molar-refractivity contribution in [3.8, 4) is 0 Å². The summed E-state index contributed by atoms with van der Waals surface area (Å²) in [4.78, 5) is 32.0. The predicted octanol–water partition coefficient (Wildman–Crippen LogP) is 3.24. The normalized spacial score (nSPS) is 25.7. The maximum absolute atomic E-state index is 12.8. The molecule has 3 aliphatic rings. The first kappa shape index (κ1) is 19.7. The summed E-state index contributed by atoms with van der Waals surface area (Å²) in [6, 6.07) is 0.176. The molecule has 3 heterocycles. The van der Waals surface area contributed by atoms with Gasteiger partial charge in [-0.25, -0.2) is 4.79 Å². The molecule has 0 aromatic carbocycles. The molecule has 0 aliphatic carbocycles. The molecule has 0 radical (unpaired) electrons. The van der Waals surface area contributed by atoms with Crippen LogP contribution >= 0.6 is 0 Å². The van der Waals surface area contributed by atoms with Gasteiger partial charge in [0.15, 0.2) is 0 Å². The van der Waals surface area contributed by atoms with E-state index in [0.29, 0.717) is 24.3 Å². The maximum Gasteiger partial charge on any atom is 0.320 e. The monoisotopic (exact) mass is 363 g/mol. The summed E-state index contributed by atoms with van der Waals surface area (Å²) in [6.07, 6.45) is 1.57. The molecular weight excluding hydrogens is 326 g/mol. The average molecular weight is 364 g/mol. The van der Waals surface area contributed by atoms with Gasteiger partial charge in [0.1, 0.15) is 5.78 Å². The number of piperidine rings is 1. The van der Waals surface area contributed by atoms with Gasteiger partial charge in [0, 0.05) is 61.1 Å². The zero-order chi connectivity index (χ0) is 19.5. The molecule has 3 rings (SSSR count). The lowest BCUT2D eigenvalue weighted by Gasteiger charge is -2.63. The van der Waals surface area contributed by atoms with Gasteiger partial charge in [-0.3, -0.25) is 9.69 Å². The minimum atomic E-state index is -0.312. The molecule has 0 bridgehead atoms. The highest BCUT2D eigenvalue weighted by molar-refractivity contribution is 5.89. The number of hydrogen-bond acceptors (Lipinski definition) is 3. The van der Waals surface area contributed by atoms with Crippen LogP contribution in [0.2, 0.25) is 0 Å². The van der Waals surface area contributed by atoms with Gasteiger partial charge >= 0.3 is 6.03 Å². The van der Waals surface area contributed by atoms with Crippen LogP contribution in [0.1, 0.15) is 61.3 Å². The quantitative estimate of drug-likeness (QED) is 0.718. The lowest BCUT2D eigenvalue weighted by Crippen LogP contribution is -2.76. The van der Waals surface area contributed by atoms with Crippen LogP contribution in [0.3, 0.4) is 0 Å². The lowest BCUT2D eigenvalue weighted by molar-refractivity contribution is -0.140. The Labute approximate surface area is 159 Å². The fourth-order valence-corrected chi connectivity index (χ4v) is 4.86. The van der Waals surface area contributed by atoms with Crippen molar-refractivity contribution in [1.29, 1.82) is 0 Å². The van der Waals surface area contributed by atoms with E-state index in [1.165, 1.54) is 0 Å². The Morgan fingerprint density at radius 2 is 1.31 bits per heavy atom. The number of Topliss-reactive ketones (excluding diaryl/α,β-unsaturated/α-hetero) is 1. The van der Waals surface area contributed by atoms with Gasteiger partial charge in [0.05, 0.1) is 0 Å². The molecule has 5 heteroatoms. The second-order valence-corrected chi connectivity index (χ2v) is 11.3. The van der Waals surface area contributed by atoms with Crippen LogP contribution in [0.25, 0.3) is 0 Å². The highest BCUT2D eigenvalue weighted by atomic mass is 16.2. The third kappa shape index (κ3) is 3.39. The molecular formula is C21H37N3O2. The molecule has 148 valence electrons. The van der Waals surface area contributed by atoms with E-state index in [4.69, 9.17) is 0 Å². The molecule has 0 saturated carbocycles. The van der Waals surface area contributed by atoms with E-state index < -0.39 is 0 Å². The second kappa shape index (κ2) is 5.95. The summed E-state index contributed by atoms with van der Waals surface area (Å²) < 4.78 is 0. The van der Waals surface area contributed by atoms with Crippen molar-refractivity contribution in [1.82, 2.24) is 14.7 Å². The standard InChI is InChI=1S/C21H37N3O2/c1-18(2,3)16(25)20(7)8-10-22(11-9-20)17(26)23-12-21(13-23)14-24(15-21)19(4,5)6/h8-15H2,1-7H3. The third-order valence-corrected chi connectivity index (χ3v) is 6.69. The van der Waals surface area contributed by atoms with Gasteiger partial charge in [0.25, 0.3) is 0 Å². The van der Waals surface area contributed by atoms with E-state index in [1.807, 2.05) is 30.6 Å².